The van der Waals surface area contributed by atoms with Gasteiger partial charge in [-0.1, -0.05) is 24.3 Å². The molecule has 0 atom stereocenters. The number of hydrogen-bond acceptors (Lipinski definition) is 3. The summed E-state index contributed by atoms with van der Waals surface area (Å²) in [5, 5.41) is 5.35. The zero-order chi connectivity index (χ0) is 22.5. The lowest BCUT2D eigenvalue weighted by molar-refractivity contribution is -0.137. The zero-order valence-electron chi connectivity index (χ0n) is 17.1. The fourth-order valence-electron chi connectivity index (χ4n) is 4.10. The molecule has 1 amide bonds. The van der Waals surface area contributed by atoms with E-state index in [9.17, 15) is 18.0 Å². The van der Waals surface area contributed by atoms with Gasteiger partial charge in [0.05, 0.1) is 24.6 Å². The van der Waals surface area contributed by atoms with Crippen molar-refractivity contribution in [2.75, 3.05) is 13.7 Å². The fourth-order valence-corrected chi connectivity index (χ4v) is 4.10. The van der Waals surface area contributed by atoms with Crippen LogP contribution in [-0.4, -0.2) is 39.2 Å². The van der Waals surface area contributed by atoms with Crippen molar-refractivity contribution in [3.05, 3.63) is 77.2 Å². The Balaban J connectivity index is 1.47. The van der Waals surface area contributed by atoms with Crippen LogP contribution in [0.5, 0.6) is 5.75 Å². The van der Waals surface area contributed by atoms with Gasteiger partial charge in [-0.2, -0.15) is 18.3 Å². The average molecular weight is 440 g/mol. The predicted molar refractivity (Wildman–Crippen MR) is 112 cm³/mol. The number of aromatic amines is 1. The molecular formula is C23H19F3N4O2. The van der Waals surface area contributed by atoms with Gasteiger partial charge in [0.2, 0.25) is 0 Å². The molecule has 5 rings (SSSR count). The molecule has 3 heterocycles. The van der Waals surface area contributed by atoms with Crippen LogP contribution in [-0.2, 0) is 19.1 Å². The smallest absolute Gasteiger partial charge is 0.416 e. The third-order valence-electron chi connectivity index (χ3n) is 5.71. The minimum absolute atomic E-state index is 0.0632. The molecule has 2 aromatic heterocycles. The van der Waals surface area contributed by atoms with Crippen LogP contribution in [0.1, 0.15) is 27.3 Å². The van der Waals surface area contributed by atoms with E-state index < -0.39 is 11.7 Å². The Morgan fingerprint density at radius 1 is 1.16 bits per heavy atom. The van der Waals surface area contributed by atoms with Crippen LogP contribution in [0.15, 0.2) is 54.7 Å². The largest absolute Gasteiger partial charge is 0.493 e. The molecule has 6 nitrogen and oxygen atoms in total. The monoisotopic (exact) mass is 440 g/mol. The van der Waals surface area contributed by atoms with E-state index in [0.29, 0.717) is 19.5 Å². The van der Waals surface area contributed by atoms with Gasteiger partial charge in [0.25, 0.3) is 5.91 Å². The maximum atomic E-state index is 13.3. The minimum atomic E-state index is -4.48. The van der Waals surface area contributed by atoms with Crippen molar-refractivity contribution in [1.29, 1.82) is 0 Å². The molecule has 0 aliphatic carbocycles. The highest BCUT2D eigenvalue weighted by Gasteiger charge is 2.31. The van der Waals surface area contributed by atoms with Gasteiger partial charge in [-0.15, -0.1) is 0 Å². The summed E-state index contributed by atoms with van der Waals surface area (Å²) in [6.07, 6.45) is -2.38. The van der Waals surface area contributed by atoms with Crippen LogP contribution in [0.2, 0.25) is 0 Å². The van der Waals surface area contributed by atoms with E-state index in [2.05, 4.69) is 10.1 Å². The molecule has 1 aliphatic heterocycles. The number of hydrogen-bond donors (Lipinski definition) is 1. The fraction of sp³-hybridized carbons (Fsp3) is 0.217. The van der Waals surface area contributed by atoms with E-state index in [4.69, 9.17) is 4.74 Å². The quantitative estimate of drug-likeness (QED) is 0.507. The van der Waals surface area contributed by atoms with Crippen molar-refractivity contribution in [3.8, 4) is 11.4 Å². The molecule has 0 fully saturated rings. The van der Waals surface area contributed by atoms with Gasteiger partial charge >= 0.3 is 6.18 Å². The van der Waals surface area contributed by atoms with Gasteiger partial charge in [-0.3, -0.25) is 4.79 Å². The summed E-state index contributed by atoms with van der Waals surface area (Å²) in [5.74, 6) is -0.124. The van der Waals surface area contributed by atoms with E-state index in [1.54, 1.807) is 4.90 Å². The highest BCUT2D eigenvalue weighted by Crippen LogP contribution is 2.32. The third-order valence-corrected chi connectivity index (χ3v) is 5.71. The molecule has 1 aliphatic rings. The van der Waals surface area contributed by atoms with Crippen LogP contribution in [0, 0.1) is 0 Å². The number of H-pyrrole nitrogens is 1. The van der Waals surface area contributed by atoms with Gasteiger partial charge < -0.3 is 14.6 Å². The van der Waals surface area contributed by atoms with Gasteiger partial charge in [0, 0.05) is 41.7 Å². The number of rotatable bonds is 3. The zero-order valence-corrected chi connectivity index (χ0v) is 17.1. The number of alkyl halides is 3. The molecule has 0 unspecified atom stereocenters. The summed E-state index contributed by atoms with van der Waals surface area (Å²) in [7, 11) is 1.40. The van der Waals surface area contributed by atoms with Gasteiger partial charge in [0.15, 0.2) is 11.4 Å². The topological polar surface area (TPSA) is 63.2 Å². The van der Waals surface area contributed by atoms with Crippen molar-refractivity contribution in [1.82, 2.24) is 19.7 Å². The van der Waals surface area contributed by atoms with Crippen LogP contribution >= 0.6 is 0 Å². The standard InChI is InChI=1S/C23H19F3N4O2/c1-32-20-13-30(15-6-4-5-14(11-15)23(24,25)26)28-21(20)22(31)29-10-9-19-17(12-29)16-7-2-3-8-18(16)27-19/h2-8,11,13,27H,9-10,12H2,1H3. The van der Waals surface area contributed by atoms with Crippen LogP contribution < -0.4 is 4.74 Å². The summed E-state index contributed by atoms with van der Waals surface area (Å²) in [4.78, 5) is 18.4. The molecular weight excluding hydrogens is 421 g/mol. The summed E-state index contributed by atoms with van der Waals surface area (Å²) in [6.45, 7) is 0.913. The Labute approximate surface area is 181 Å². The lowest BCUT2D eigenvalue weighted by Gasteiger charge is -2.26. The average Bonchev–Trinajstić information content (AvgIpc) is 3.39. The second-order valence-corrected chi connectivity index (χ2v) is 7.64. The van der Waals surface area contributed by atoms with Gasteiger partial charge in [-0.05, 0) is 24.3 Å². The number of amides is 1. The van der Waals surface area contributed by atoms with Crippen molar-refractivity contribution < 1.29 is 22.7 Å². The first-order valence-corrected chi connectivity index (χ1v) is 10.0. The molecule has 0 saturated carbocycles. The number of methoxy groups -OCH3 is 1. The van der Waals surface area contributed by atoms with Crippen molar-refractivity contribution in [2.45, 2.75) is 19.1 Å². The van der Waals surface area contributed by atoms with Crippen LogP contribution in [0.25, 0.3) is 16.6 Å². The second-order valence-electron chi connectivity index (χ2n) is 7.64. The second kappa shape index (κ2) is 7.44. The number of nitrogens with zero attached hydrogens (tertiary/aromatic N) is 3. The Kier molecular flexibility index (Phi) is 4.69. The highest BCUT2D eigenvalue weighted by atomic mass is 19.4. The Morgan fingerprint density at radius 3 is 2.75 bits per heavy atom. The van der Waals surface area contributed by atoms with E-state index in [1.807, 2.05) is 24.3 Å². The maximum absolute atomic E-state index is 13.3. The Hall–Kier alpha value is -3.75. The minimum Gasteiger partial charge on any atom is -0.493 e. The molecule has 32 heavy (non-hydrogen) atoms. The summed E-state index contributed by atoms with van der Waals surface area (Å²) in [6, 6.07) is 12.7. The molecule has 9 heteroatoms. The molecule has 0 radical (unpaired) electrons. The number of nitrogens with one attached hydrogen (secondary N) is 1. The number of carbonyl (C=O) groups excluding carboxylic acids is 1. The molecule has 0 saturated heterocycles. The number of ether oxygens (including phenoxy) is 1. The van der Waals surface area contributed by atoms with Gasteiger partial charge in [0.1, 0.15) is 0 Å². The molecule has 2 aromatic carbocycles. The number of halogens is 3. The van der Waals surface area contributed by atoms with Gasteiger partial charge in [-0.25, -0.2) is 4.68 Å². The number of carbonyl (C=O) groups is 1. The predicted octanol–water partition coefficient (Wildman–Crippen LogP) is 4.58. The van der Waals surface area contributed by atoms with Crippen molar-refractivity contribution >= 4 is 16.8 Å². The molecule has 4 aromatic rings. The molecule has 164 valence electrons. The van der Waals surface area contributed by atoms with E-state index in [-0.39, 0.29) is 23.0 Å². The van der Waals surface area contributed by atoms with Crippen molar-refractivity contribution in [2.24, 2.45) is 0 Å². The van der Waals surface area contributed by atoms with Crippen LogP contribution in [0.4, 0.5) is 13.2 Å². The number of aromatic nitrogens is 3. The highest BCUT2D eigenvalue weighted by molar-refractivity contribution is 5.95. The maximum Gasteiger partial charge on any atom is 0.416 e. The molecule has 1 N–H and O–H groups in total. The summed E-state index contributed by atoms with van der Waals surface area (Å²) < 4.78 is 45.8. The van der Waals surface area contributed by atoms with E-state index in [1.165, 1.54) is 30.1 Å². The first kappa shape index (κ1) is 20.2. The first-order valence-electron chi connectivity index (χ1n) is 10.0. The summed E-state index contributed by atoms with van der Waals surface area (Å²) in [5.41, 5.74) is 2.66. The van der Waals surface area contributed by atoms with E-state index in [0.717, 1.165) is 34.3 Å². The van der Waals surface area contributed by atoms with Crippen molar-refractivity contribution in [3.63, 3.8) is 0 Å². The normalized spacial score (nSPS) is 13.9. The first-order chi connectivity index (χ1) is 15.3. The number of fused-ring (bicyclic) bond motifs is 3. The Bertz CT molecular complexity index is 1320. The SMILES string of the molecule is COc1cn(-c2cccc(C(F)(F)F)c2)nc1C(=O)N1CCc2[nH]c3ccccc3c2C1. The number of benzene rings is 2. The molecule has 0 bridgehead atoms. The summed E-state index contributed by atoms with van der Waals surface area (Å²) >= 11 is 0. The Morgan fingerprint density at radius 2 is 1.97 bits per heavy atom. The third kappa shape index (κ3) is 3.39. The van der Waals surface area contributed by atoms with E-state index >= 15 is 0 Å². The lowest BCUT2D eigenvalue weighted by Crippen LogP contribution is -2.36. The van der Waals surface area contributed by atoms with Crippen LogP contribution in [0.3, 0.4) is 0 Å². The molecule has 0 spiro atoms. The lowest BCUT2D eigenvalue weighted by atomic mass is 10.0. The number of para-hydroxylation sites is 1.